The molecular weight excluding hydrogens is 186 g/mol. The van der Waals surface area contributed by atoms with Crippen molar-refractivity contribution >= 4 is 11.6 Å². The summed E-state index contributed by atoms with van der Waals surface area (Å²) in [5, 5.41) is 0. The molecule has 0 spiro atoms. The van der Waals surface area contributed by atoms with Crippen molar-refractivity contribution in [3.8, 4) is 0 Å². The largest absolute Gasteiger partial charge is 0.313 e. The summed E-state index contributed by atoms with van der Waals surface area (Å²) in [6, 6.07) is 9.83. The molecule has 0 aliphatic heterocycles. The number of carbonyl (C=O) groups is 1. The SMILES string of the molecule is CCN(C(=O)CC(C)C)c1ccccc1. The van der Waals surface area contributed by atoms with Gasteiger partial charge in [0.1, 0.15) is 0 Å². The van der Waals surface area contributed by atoms with Crippen LogP contribution in [0.2, 0.25) is 0 Å². The minimum Gasteiger partial charge on any atom is -0.313 e. The summed E-state index contributed by atoms with van der Waals surface area (Å²) >= 11 is 0. The number of carbonyl (C=O) groups excluding carboxylic acids is 1. The van der Waals surface area contributed by atoms with Gasteiger partial charge >= 0.3 is 0 Å². The van der Waals surface area contributed by atoms with Crippen molar-refractivity contribution in [3.63, 3.8) is 0 Å². The molecule has 1 amide bonds. The van der Waals surface area contributed by atoms with E-state index in [9.17, 15) is 4.79 Å². The lowest BCUT2D eigenvalue weighted by molar-refractivity contribution is -0.119. The second-order valence-electron chi connectivity index (χ2n) is 4.07. The van der Waals surface area contributed by atoms with Crippen molar-refractivity contribution < 1.29 is 4.79 Å². The highest BCUT2D eigenvalue weighted by atomic mass is 16.2. The number of benzene rings is 1. The first-order valence-corrected chi connectivity index (χ1v) is 5.50. The Balaban J connectivity index is 2.76. The number of amides is 1. The highest BCUT2D eigenvalue weighted by Crippen LogP contribution is 2.15. The van der Waals surface area contributed by atoms with Crippen molar-refractivity contribution in [1.82, 2.24) is 0 Å². The maximum atomic E-state index is 11.9. The first-order chi connectivity index (χ1) is 7.15. The van der Waals surface area contributed by atoms with Crippen LogP contribution in [0.5, 0.6) is 0 Å². The summed E-state index contributed by atoms with van der Waals surface area (Å²) in [5.74, 6) is 0.619. The van der Waals surface area contributed by atoms with Crippen LogP contribution in [0.4, 0.5) is 5.69 Å². The maximum Gasteiger partial charge on any atom is 0.227 e. The van der Waals surface area contributed by atoms with Gasteiger partial charge in [0, 0.05) is 18.7 Å². The molecule has 0 radical (unpaired) electrons. The fourth-order valence-electron chi connectivity index (χ4n) is 1.57. The molecule has 0 saturated heterocycles. The number of anilines is 1. The Kier molecular flexibility index (Phi) is 4.35. The van der Waals surface area contributed by atoms with Gasteiger partial charge in [-0.25, -0.2) is 0 Å². The quantitative estimate of drug-likeness (QED) is 0.739. The zero-order valence-corrected chi connectivity index (χ0v) is 9.73. The normalized spacial score (nSPS) is 10.4. The minimum atomic E-state index is 0.207. The van der Waals surface area contributed by atoms with E-state index in [4.69, 9.17) is 0 Å². The van der Waals surface area contributed by atoms with Gasteiger partial charge in [0.05, 0.1) is 0 Å². The highest BCUT2D eigenvalue weighted by Gasteiger charge is 2.14. The first kappa shape index (κ1) is 11.8. The van der Waals surface area contributed by atoms with E-state index in [1.165, 1.54) is 0 Å². The summed E-state index contributed by atoms with van der Waals surface area (Å²) in [6.07, 6.45) is 0.614. The highest BCUT2D eigenvalue weighted by molar-refractivity contribution is 5.93. The van der Waals surface area contributed by atoms with Crippen LogP contribution in [0.25, 0.3) is 0 Å². The smallest absolute Gasteiger partial charge is 0.227 e. The molecule has 1 aromatic rings. The van der Waals surface area contributed by atoms with Crippen LogP contribution in [0, 0.1) is 5.92 Å². The lowest BCUT2D eigenvalue weighted by atomic mass is 10.1. The molecule has 0 aliphatic rings. The molecule has 0 saturated carbocycles. The lowest BCUT2D eigenvalue weighted by Gasteiger charge is -2.21. The first-order valence-electron chi connectivity index (χ1n) is 5.50. The molecule has 0 N–H and O–H groups in total. The predicted octanol–water partition coefficient (Wildman–Crippen LogP) is 3.09. The van der Waals surface area contributed by atoms with Crippen molar-refractivity contribution in [2.75, 3.05) is 11.4 Å². The van der Waals surface area contributed by atoms with Crippen LogP contribution in [0.3, 0.4) is 0 Å². The Hall–Kier alpha value is -1.31. The van der Waals surface area contributed by atoms with Crippen LogP contribution in [-0.4, -0.2) is 12.5 Å². The van der Waals surface area contributed by atoms with E-state index in [2.05, 4.69) is 13.8 Å². The third kappa shape index (κ3) is 3.39. The second kappa shape index (κ2) is 5.54. The average molecular weight is 205 g/mol. The Morgan fingerprint density at radius 1 is 1.27 bits per heavy atom. The van der Waals surface area contributed by atoms with Crippen LogP contribution >= 0.6 is 0 Å². The number of para-hydroxylation sites is 1. The molecule has 0 atom stereocenters. The third-order valence-corrected chi connectivity index (χ3v) is 2.27. The summed E-state index contributed by atoms with van der Waals surface area (Å²) < 4.78 is 0. The molecule has 0 heterocycles. The molecule has 82 valence electrons. The number of hydrogen-bond acceptors (Lipinski definition) is 1. The zero-order valence-electron chi connectivity index (χ0n) is 9.73. The molecule has 0 aromatic heterocycles. The minimum absolute atomic E-state index is 0.207. The van der Waals surface area contributed by atoms with Crippen molar-refractivity contribution in [1.29, 1.82) is 0 Å². The van der Waals surface area contributed by atoms with Gasteiger partial charge in [0.25, 0.3) is 0 Å². The fourth-order valence-corrected chi connectivity index (χ4v) is 1.57. The molecule has 2 nitrogen and oxygen atoms in total. The molecule has 0 aliphatic carbocycles. The van der Waals surface area contributed by atoms with Gasteiger partial charge < -0.3 is 4.90 Å². The molecule has 15 heavy (non-hydrogen) atoms. The van der Waals surface area contributed by atoms with E-state index in [1.54, 1.807) is 0 Å². The summed E-state index contributed by atoms with van der Waals surface area (Å²) in [7, 11) is 0. The molecule has 2 heteroatoms. The molecule has 0 fully saturated rings. The van der Waals surface area contributed by atoms with Gasteiger partial charge in [0.2, 0.25) is 5.91 Å². The van der Waals surface area contributed by atoms with E-state index >= 15 is 0 Å². The van der Waals surface area contributed by atoms with Crippen molar-refractivity contribution in [2.45, 2.75) is 27.2 Å². The van der Waals surface area contributed by atoms with E-state index in [1.807, 2.05) is 42.2 Å². The van der Waals surface area contributed by atoms with Gasteiger partial charge in [-0.15, -0.1) is 0 Å². The summed E-state index contributed by atoms with van der Waals surface area (Å²) in [5.41, 5.74) is 0.991. The lowest BCUT2D eigenvalue weighted by Crippen LogP contribution is -2.31. The van der Waals surface area contributed by atoms with Crippen LogP contribution in [-0.2, 0) is 4.79 Å². The third-order valence-electron chi connectivity index (χ3n) is 2.27. The molecule has 0 unspecified atom stereocenters. The number of hydrogen-bond donors (Lipinski definition) is 0. The van der Waals surface area contributed by atoms with Crippen LogP contribution < -0.4 is 4.90 Å². The predicted molar refractivity (Wildman–Crippen MR) is 63.9 cm³/mol. The maximum absolute atomic E-state index is 11.9. The molecule has 0 bridgehead atoms. The van der Waals surface area contributed by atoms with E-state index in [0.29, 0.717) is 12.3 Å². The summed E-state index contributed by atoms with van der Waals surface area (Å²) in [6.45, 7) is 6.87. The van der Waals surface area contributed by atoms with E-state index in [0.717, 1.165) is 12.2 Å². The molecular formula is C13H19NO. The molecule has 1 aromatic carbocycles. The van der Waals surface area contributed by atoms with Crippen LogP contribution in [0.1, 0.15) is 27.2 Å². The van der Waals surface area contributed by atoms with Gasteiger partial charge in [0.15, 0.2) is 0 Å². The fraction of sp³-hybridized carbons (Fsp3) is 0.462. The zero-order chi connectivity index (χ0) is 11.3. The topological polar surface area (TPSA) is 20.3 Å². The van der Waals surface area contributed by atoms with Gasteiger partial charge in [-0.3, -0.25) is 4.79 Å². The van der Waals surface area contributed by atoms with Gasteiger partial charge in [-0.05, 0) is 25.0 Å². The van der Waals surface area contributed by atoms with Gasteiger partial charge in [-0.2, -0.15) is 0 Å². The Morgan fingerprint density at radius 2 is 1.87 bits per heavy atom. The van der Waals surface area contributed by atoms with E-state index in [-0.39, 0.29) is 5.91 Å². The average Bonchev–Trinajstić information content (AvgIpc) is 2.19. The molecule has 1 rings (SSSR count). The van der Waals surface area contributed by atoms with Crippen molar-refractivity contribution in [3.05, 3.63) is 30.3 Å². The summed E-state index contributed by atoms with van der Waals surface area (Å²) in [4.78, 5) is 13.7. The van der Waals surface area contributed by atoms with Crippen LogP contribution in [0.15, 0.2) is 30.3 Å². The Morgan fingerprint density at radius 3 is 2.33 bits per heavy atom. The van der Waals surface area contributed by atoms with Gasteiger partial charge in [-0.1, -0.05) is 32.0 Å². The standard InChI is InChI=1S/C13H19NO/c1-4-14(13(15)10-11(2)3)12-8-6-5-7-9-12/h5-9,11H,4,10H2,1-3H3. The second-order valence-corrected chi connectivity index (χ2v) is 4.07. The van der Waals surface area contributed by atoms with Crippen molar-refractivity contribution in [2.24, 2.45) is 5.92 Å². The van der Waals surface area contributed by atoms with E-state index < -0.39 is 0 Å². The Labute approximate surface area is 91.9 Å². The number of rotatable bonds is 4. The number of nitrogens with zero attached hydrogens (tertiary/aromatic N) is 1. The monoisotopic (exact) mass is 205 g/mol. The Bertz CT molecular complexity index is 306.